The summed E-state index contributed by atoms with van der Waals surface area (Å²) >= 11 is 1.89. The van der Waals surface area contributed by atoms with Crippen molar-refractivity contribution in [2.24, 2.45) is 4.99 Å². The van der Waals surface area contributed by atoms with Gasteiger partial charge in [0.15, 0.2) is 5.96 Å². The van der Waals surface area contributed by atoms with Crippen LogP contribution in [0.1, 0.15) is 16.0 Å². The minimum absolute atomic E-state index is 0. The topological polar surface area (TPSA) is 48.9 Å². The summed E-state index contributed by atoms with van der Waals surface area (Å²) in [5, 5.41) is 8.96. The van der Waals surface area contributed by atoms with Gasteiger partial charge in [-0.3, -0.25) is 9.89 Å². The van der Waals surface area contributed by atoms with Gasteiger partial charge >= 0.3 is 0 Å². The lowest BCUT2D eigenvalue weighted by molar-refractivity contribution is 0.260. The highest BCUT2D eigenvalue weighted by atomic mass is 127. The van der Waals surface area contributed by atoms with Gasteiger partial charge in [-0.15, -0.1) is 35.3 Å². The molecule has 142 valence electrons. The Balaban J connectivity index is 0.00000243. The van der Waals surface area contributed by atoms with Gasteiger partial charge in [0.2, 0.25) is 0 Å². The Morgan fingerprint density at radius 2 is 2.12 bits per heavy atom. The predicted octanol–water partition coefficient (Wildman–Crippen LogP) is 3.10. The van der Waals surface area contributed by atoms with Crippen LogP contribution in [0.3, 0.4) is 0 Å². The Morgan fingerprint density at radius 1 is 1.27 bits per heavy atom. The number of methoxy groups -OCH3 is 1. The van der Waals surface area contributed by atoms with E-state index in [0.29, 0.717) is 6.54 Å². The number of rotatable bonds is 6. The van der Waals surface area contributed by atoms with Crippen LogP contribution in [0.15, 0.2) is 40.7 Å². The number of benzene rings is 1. The van der Waals surface area contributed by atoms with E-state index in [0.717, 1.165) is 43.5 Å². The van der Waals surface area contributed by atoms with Gasteiger partial charge in [0.05, 0.1) is 7.11 Å². The molecule has 0 bridgehead atoms. The molecule has 0 fully saturated rings. The van der Waals surface area contributed by atoms with E-state index in [4.69, 9.17) is 4.74 Å². The molecule has 0 saturated carbocycles. The molecule has 0 aliphatic carbocycles. The fourth-order valence-electron chi connectivity index (χ4n) is 3.08. The van der Waals surface area contributed by atoms with Crippen molar-refractivity contribution in [2.75, 3.05) is 33.8 Å². The fraction of sp³-hybridized carbons (Fsp3) is 0.421. The van der Waals surface area contributed by atoms with E-state index < -0.39 is 0 Å². The van der Waals surface area contributed by atoms with E-state index in [2.05, 4.69) is 38.0 Å². The smallest absolute Gasteiger partial charge is 0.191 e. The molecule has 1 aromatic heterocycles. The maximum absolute atomic E-state index is 5.39. The van der Waals surface area contributed by atoms with E-state index in [1.807, 2.05) is 29.5 Å². The number of aliphatic imine (C=N–C) groups is 1. The second-order valence-corrected chi connectivity index (χ2v) is 7.06. The van der Waals surface area contributed by atoms with Gasteiger partial charge in [-0.2, -0.15) is 0 Å². The molecule has 1 aromatic carbocycles. The number of para-hydroxylation sites is 1. The van der Waals surface area contributed by atoms with Crippen molar-refractivity contribution >= 4 is 41.3 Å². The molecule has 0 radical (unpaired) electrons. The predicted molar refractivity (Wildman–Crippen MR) is 120 cm³/mol. The van der Waals surface area contributed by atoms with E-state index >= 15 is 0 Å². The molecular formula is C19H27IN4OS. The Bertz CT molecular complexity index is 719. The van der Waals surface area contributed by atoms with Crippen LogP contribution in [0.5, 0.6) is 5.75 Å². The van der Waals surface area contributed by atoms with Crippen molar-refractivity contribution in [1.82, 2.24) is 15.5 Å². The number of nitrogens with one attached hydrogen (secondary N) is 2. The Kier molecular flexibility index (Phi) is 8.67. The Labute approximate surface area is 176 Å². The second kappa shape index (κ2) is 10.7. The summed E-state index contributed by atoms with van der Waals surface area (Å²) in [4.78, 5) is 8.36. The van der Waals surface area contributed by atoms with Crippen molar-refractivity contribution in [3.8, 4) is 5.75 Å². The molecule has 0 atom stereocenters. The number of guanidine groups is 1. The van der Waals surface area contributed by atoms with Crippen LogP contribution >= 0.6 is 35.3 Å². The van der Waals surface area contributed by atoms with E-state index in [1.54, 1.807) is 19.0 Å². The summed E-state index contributed by atoms with van der Waals surface area (Å²) in [7, 11) is 3.50. The third kappa shape index (κ3) is 5.59. The lowest BCUT2D eigenvalue weighted by Crippen LogP contribution is -2.42. The summed E-state index contributed by atoms with van der Waals surface area (Å²) in [6, 6.07) is 10.3. The number of thiophene rings is 1. The summed E-state index contributed by atoms with van der Waals surface area (Å²) in [5.41, 5.74) is 2.61. The molecule has 5 nitrogen and oxygen atoms in total. The zero-order valence-corrected chi connectivity index (χ0v) is 18.5. The molecule has 1 aliphatic heterocycles. The first kappa shape index (κ1) is 21.0. The van der Waals surface area contributed by atoms with Crippen LogP contribution in [0.25, 0.3) is 0 Å². The molecule has 0 spiro atoms. The lowest BCUT2D eigenvalue weighted by Gasteiger charge is -2.27. The third-order valence-electron chi connectivity index (χ3n) is 4.47. The van der Waals surface area contributed by atoms with Gasteiger partial charge in [0.1, 0.15) is 5.75 Å². The number of fused-ring (bicyclic) bond motifs is 1. The average molecular weight is 486 g/mol. The fourth-order valence-corrected chi connectivity index (χ4v) is 3.97. The van der Waals surface area contributed by atoms with E-state index in [-0.39, 0.29) is 24.0 Å². The largest absolute Gasteiger partial charge is 0.496 e. The van der Waals surface area contributed by atoms with Gasteiger partial charge in [-0.05, 0) is 29.5 Å². The Hall–Kier alpha value is -1.32. The number of hydrogen-bond donors (Lipinski definition) is 2. The van der Waals surface area contributed by atoms with Crippen LogP contribution in [-0.4, -0.2) is 44.7 Å². The van der Waals surface area contributed by atoms with Gasteiger partial charge in [-0.1, -0.05) is 18.2 Å². The quantitative estimate of drug-likeness (QED) is 0.375. The lowest BCUT2D eigenvalue weighted by atomic mass is 10.1. The molecule has 0 saturated heterocycles. The highest BCUT2D eigenvalue weighted by Gasteiger charge is 2.16. The highest BCUT2D eigenvalue weighted by Crippen LogP contribution is 2.23. The average Bonchev–Trinajstić information content (AvgIpc) is 3.12. The van der Waals surface area contributed by atoms with Crippen LogP contribution in [0, 0.1) is 0 Å². The van der Waals surface area contributed by atoms with Crippen molar-refractivity contribution < 1.29 is 4.74 Å². The first-order chi connectivity index (χ1) is 12.3. The second-order valence-electron chi connectivity index (χ2n) is 6.06. The Morgan fingerprint density at radius 3 is 2.92 bits per heavy atom. The molecule has 0 unspecified atom stereocenters. The summed E-state index contributed by atoms with van der Waals surface area (Å²) in [6.07, 6.45) is 1.17. The van der Waals surface area contributed by atoms with Crippen molar-refractivity contribution in [3.63, 3.8) is 0 Å². The van der Waals surface area contributed by atoms with Crippen LogP contribution in [-0.2, 0) is 19.5 Å². The maximum atomic E-state index is 5.39. The third-order valence-corrected chi connectivity index (χ3v) is 5.49. The number of nitrogens with zero attached hydrogens (tertiary/aromatic N) is 2. The van der Waals surface area contributed by atoms with Crippen molar-refractivity contribution in [2.45, 2.75) is 19.5 Å². The minimum atomic E-state index is 0. The van der Waals surface area contributed by atoms with Crippen LogP contribution in [0.2, 0.25) is 0 Å². The molecule has 2 heterocycles. The summed E-state index contributed by atoms with van der Waals surface area (Å²) < 4.78 is 5.39. The van der Waals surface area contributed by atoms with Gasteiger partial charge in [0, 0.05) is 50.2 Å². The standard InChI is InChI=1S/C19H26N4OS.HI/c1-20-19(22-13-15-5-3-4-6-17(15)24-2)21-9-11-23-10-7-18-16(14-23)8-12-25-18;/h3-6,8,12H,7,9-11,13-14H2,1-2H3,(H2,20,21,22);1H. The monoisotopic (exact) mass is 486 g/mol. The molecule has 3 rings (SSSR count). The van der Waals surface area contributed by atoms with E-state index in [9.17, 15) is 0 Å². The number of halogens is 1. The van der Waals surface area contributed by atoms with E-state index in [1.165, 1.54) is 12.0 Å². The van der Waals surface area contributed by atoms with Crippen LogP contribution in [0.4, 0.5) is 0 Å². The van der Waals surface area contributed by atoms with Crippen LogP contribution < -0.4 is 15.4 Å². The first-order valence-electron chi connectivity index (χ1n) is 8.64. The first-order valence-corrected chi connectivity index (χ1v) is 9.52. The zero-order chi connectivity index (χ0) is 17.5. The van der Waals surface area contributed by atoms with Crippen molar-refractivity contribution in [1.29, 1.82) is 0 Å². The van der Waals surface area contributed by atoms with Gasteiger partial charge < -0.3 is 15.4 Å². The molecular weight excluding hydrogens is 459 g/mol. The number of hydrogen-bond acceptors (Lipinski definition) is 4. The maximum Gasteiger partial charge on any atom is 0.191 e. The summed E-state index contributed by atoms with van der Waals surface area (Å²) in [5.74, 6) is 1.71. The van der Waals surface area contributed by atoms with Crippen molar-refractivity contribution in [3.05, 3.63) is 51.7 Å². The van der Waals surface area contributed by atoms with Gasteiger partial charge in [-0.25, -0.2) is 0 Å². The van der Waals surface area contributed by atoms with Gasteiger partial charge in [0.25, 0.3) is 0 Å². The minimum Gasteiger partial charge on any atom is -0.496 e. The normalized spacial score (nSPS) is 14.3. The molecule has 26 heavy (non-hydrogen) atoms. The molecule has 1 aliphatic rings. The molecule has 2 N–H and O–H groups in total. The molecule has 7 heteroatoms. The zero-order valence-electron chi connectivity index (χ0n) is 15.3. The molecule has 0 amide bonds. The highest BCUT2D eigenvalue weighted by molar-refractivity contribution is 14.0. The summed E-state index contributed by atoms with van der Waals surface area (Å²) in [6.45, 7) is 4.79. The molecule has 2 aromatic rings. The number of ether oxygens (including phenoxy) is 1. The SMILES string of the molecule is CN=C(NCCN1CCc2sccc2C1)NCc1ccccc1OC.I.